The van der Waals surface area contributed by atoms with E-state index in [9.17, 15) is 13.2 Å². The third kappa shape index (κ3) is 3.33. The van der Waals surface area contributed by atoms with Gasteiger partial charge in [-0.15, -0.1) is 0 Å². The smallest absolute Gasteiger partial charge is 0.274 e. The standard InChI is InChI=1S/C11H15BrN2O4S/c1-13(2)19(16,17)10-7-8(5-6-9(10)12)11(15)14(3)18-4/h5-7H,1-4H3. The van der Waals surface area contributed by atoms with Crippen LogP contribution in [0.4, 0.5) is 0 Å². The lowest BCUT2D eigenvalue weighted by Gasteiger charge is -2.16. The Hall–Kier alpha value is -0.960. The van der Waals surface area contributed by atoms with Crippen molar-refractivity contribution >= 4 is 31.9 Å². The monoisotopic (exact) mass is 350 g/mol. The molecular weight excluding hydrogens is 336 g/mol. The summed E-state index contributed by atoms with van der Waals surface area (Å²) < 4.78 is 25.7. The van der Waals surface area contributed by atoms with Crippen LogP contribution >= 0.6 is 15.9 Å². The molecule has 8 heteroatoms. The number of carbonyl (C=O) groups excluding carboxylic acids is 1. The second-order valence-electron chi connectivity index (χ2n) is 3.92. The highest BCUT2D eigenvalue weighted by atomic mass is 79.9. The Kier molecular flexibility index (Phi) is 5.08. The first kappa shape index (κ1) is 16.1. The molecule has 0 bridgehead atoms. The summed E-state index contributed by atoms with van der Waals surface area (Å²) >= 11 is 3.18. The highest BCUT2D eigenvalue weighted by Gasteiger charge is 2.23. The van der Waals surface area contributed by atoms with Gasteiger partial charge in [-0.3, -0.25) is 9.63 Å². The van der Waals surface area contributed by atoms with Crippen molar-refractivity contribution in [3.63, 3.8) is 0 Å². The Labute approximate surface area is 121 Å². The van der Waals surface area contributed by atoms with Crippen molar-refractivity contribution < 1.29 is 18.0 Å². The number of hydrogen-bond donors (Lipinski definition) is 0. The number of rotatable bonds is 4. The lowest BCUT2D eigenvalue weighted by molar-refractivity contribution is -0.0757. The molecular formula is C11H15BrN2O4S. The third-order valence-corrected chi connectivity index (χ3v) is 5.31. The minimum Gasteiger partial charge on any atom is -0.274 e. The molecule has 0 aromatic heterocycles. The predicted molar refractivity (Wildman–Crippen MR) is 74.1 cm³/mol. The first-order valence-electron chi connectivity index (χ1n) is 5.26. The number of sulfonamides is 1. The van der Waals surface area contributed by atoms with Crippen LogP contribution in [0.5, 0.6) is 0 Å². The van der Waals surface area contributed by atoms with E-state index in [-0.39, 0.29) is 10.5 Å². The Balaban J connectivity index is 3.34. The quantitative estimate of drug-likeness (QED) is 0.768. The highest BCUT2D eigenvalue weighted by Crippen LogP contribution is 2.25. The van der Waals surface area contributed by atoms with Crippen LogP contribution in [-0.2, 0) is 14.9 Å². The fourth-order valence-corrected chi connectivity index (χ4v) is 3.14. The molecule has 0 spiro atoms. The molecule has 19 heavy (non-hydrogen) atoms. The molecule has 106 valence electrons. The van der Waals surface area contributed by atoms with Gasteiger partial charge in [-0.2, -0.15) is 0 Å². The first-order valence-corrected chi connectivity index (χ1v) is 7.49. The number of amides is 1. The van der Waals surface area contributed by atoms with Crippen molar-refractivity contribution in [2.75, 3.05) is 28.3 Å². The van der Waals surface area contributed by atoms with Crippen LogP contribution in [0, 0.1) is 0 Å². The van der Waals surface area contributed by atoms with Gasteiger partial charge in [0.15, 0.2) is 0 Å². The molecule has 0 radical (unpaired) electrons. The van der Waals surface area contributed by atoms with Gasteiger partial charge in [-0.25, -0.2) is 17.8 Å². The maximum absolute atomic E-state index is 12.1. The molecule has 0 fully saturated rings. The van der Waals surface area contributed by atoms with E-state index in [4.69, 9.17) is 4.84 Å². The summed E-state index contributed by atoms with van der Waals surface area (Å²) in [7, 11) is 2.04. The summed E-state index contributed by atoms with van der Waals surface area (Å²) in [4.78, 5) is 16.7. The summed E-state index contributed by atoms with van der Waals surface area (Å²) in [5.74, 6) is -0.426. The van der Waals surface area contributed by atoms with Crippen molar-refractivity contribution in [2.45, 2.75) is 4.90 Å². The number of benzene rings is 1. The fourth-order valence-electron chi connectivity index (χ4n) is 1.30. The second kappa shape index (κ2) is 6.00. The van der Waals surface area contributed by atoms with Gasteiger partial charge < -0.3 is 0 Å². The number of carbonyl (C=O) groups is 1. The second-order valence-corrected chi connectivity index (χ2v) is 6.89. The number of hydrogen-bond acceptors (Lipinski definition) is 4. The van der Waals surface area contributed by atoms with Crippen molar-refractivity contribution in [3.8, 4) is 0 Å². The molecule has 0 unspecified atom stereocenters. The van der Waals surface area contributed by atoms with Gasteiger partial charge in [0, 0.05) is 31.2 Å². The van der Waals surface area contributed by atoms with E-state index in [0.29, 0.717) is 4.47 Å². The van der Waals surface area contributed by atoms with Crippen molar-refractivity contribution in [3.05, 3.63) is 28.2 Å². The van der Waals surface area contributed by atoms with Crippen LogP contribution in [-0.4, -0.2) is 51.9 Å². The number of halogens is 1. The minimum atomic E-state index is -3.62. The maximum Gasteiger partial charge on any atom is 0.277 e. The lowest BCUT2D eigenvalue weighted by atomic mass is 10.2. The molecule has 1 amide bonds. The van der Waals surface area contributed by atoms with Gasteiger partial charge in [0.05, 0.1) is 12.0 Å². The van der Waals surface area contributed by atoms with E-state index >= 15 is 0 Å². The topological polar surface area (TPSA) is 66.9 Å². The summed E-state index contributed by atoms with van der Waals surface area (Å²) in [5.41, 5.74) is 0.230. The molecule has 6 nitrogen and oxygen atoms in total. The third-order valence-electron chi connectivity index (χ3n) is 2.50. The molecule has 1 aromatic rings. The Morgan fingerprint density at radius 1 is 1.26 bits per heavy atom. The van der Waals surface area contributed by atoms with Gasteiger partial charge in [-0.05, 0) is 34.1 Å². The average Bonchev–Trinajstić information content (AvgIpc) is 2.37. The normalized spacial score (nSPS) is 11.7. The van der Waals surface area contributed by atoms with E-state index in [1.165, 1.54) is 46.5 Å². The molecule has 0 aliphatic heterocycles. The lowest BCUT2D eigenvalue weighted by Crippen LogP contribution is -2.26. The average molecular weight is 351 g/mol. The van der Waals surface area contributed by atoms with E-state index in [0.717, 1.165) is 9.37 Å². The Bertz CT molecular complexity index is 586. The fraction of sp³-hybridized carbons (Fsp3) is 0.364. The van der Waals surface area contributed by atoms with Gasteiger partial charge in [-0.1, -0.05) is 0 Å². The molecule has 0 aliphatic rings. The van der Waals surface area contributed by atoms with E-state index < -0.39 is 15.9 Å². The highest BCUT2D eigenvalue weighted by molar-refractivity contribution is 9.10. The van der Waals surface area contributed by atoms with Crippen LogP contribution in [0.25, 0.3) is 0 Å². The molecule has 0 heterocycles. The molecule has 0 aliphatic carbocycles. The van der Waals surface area contributed by atoms with Crippen LogP contribution in [0.2, 0.25) is 0 Å². The van der Waals surface area contributed by atoms with E-state index in [1.807, 2.05) is 0 Å². The van der Waals surface area contributed by atoms with Crippen LogP contribution in [0.3, 0.4) is 0 Å². The summed E-state index contributed by atoms with van der Waals surface area (Å²) in [5, 5.41) is 1.02. The van der Waals surface area contributed by atoms with Gasteiger partial charge in [0.1, 0.15) is 0 Å². The van der Waals surface area contributed by atoms with Crippen molar-refractivity contribution in [2.24, 2.45) is 0 Å². The zero-order chi connectivity index (χ0) is 14.8. The van der Waals surface area contributed by atoms with E-state index in [1.54, 1.807) is 0 Å². The minimum absolute atomic E-state index is 0.0350. The van der Waals surface area contributed by atoms with E-state index in [2.05, 4.69) is 15.9 Å². The SMILES string of the molecule is CON(C)C(=O)c1ccc(Br)c(S(=O)(=O)N(C)C)c1. The Morgan fingerprint density at radius 2 is 1.84 bits per heavy atom. The molecule has 0 saturated heterocycles. The van der Waals surface area contributed by atoms with Crippen LogP contribution in [0.1, 0.15) is 10.4 Å². The zero-order valence-electron chi connectivity index (χ0n) is 11.0. The maximum atomic E-state index is 12.1. The molecule has 0 N–H and O–H groups in total. The van der Waals surface area contributed by atoms with Crippen molar-refractivity contribution in [1.29, 1.82) is 0 Å². The predicted octanol–water partition coefficient (Wildman–Crippen LogP) is 1.33. The summed E-state index contributed by atoms with van der Waals surface area (Å²) in [6.45, 7) is 0. The molecule has 1 aromatic carbocycles. The van der Waals surface area contributed by atoms with Crippen LogP contribution in [0.15, 0.2) is 27.6 Å². The van der Waals surface area contributed by atoms with Gasteiger partial charge in [0.2, 0.25) is 10.0 Å². The van der Waals surface area contributed by atoms with Crippen LogP contribution < -0.4 is 0 Å². The zero-order valence-corrected chi connectivity index (χ0v) is 13.4. The molecule has 0 atom stereocenters. The molecule has 1 rings (SSSR count). The van der Waals surface area contributed by atoms with Gasteiger partial charge >= 0.3 is 0 Å². The first-order chi connectivity index (χ1) is 8.71. The molecule has 0 saturated carbocycles. The summed E-state index contributed by atoms with van der Waals surface area (Å²) in [6, 6.07) is 4.36. The van der Waals surface area contributed by atoms with Crippen molar-refractivity contribution in [1.82, 2.24) is 9.37 Å². The summed E-state index contributed by atoms with van der Waals surface area (Å²) in [6.07, 6.45) is 0. The largest absolute Gasteiger partial charge is 0.277 e. The number of nitrogens with zero attached hydrogens (tertiary/aromatic N) is 2. The number of hydroxylamine groups is 2. The van der Waals surface area contributed by atoms with Gasteiger partial charge in [0.25, 0.3) is 5.91 Å². The Morgan fingerprint density at radius 3 is 2.32 bits per heavy atom.